The van der Waals surface area contributed by atoms with Crippen molar-refractivity contribution in [3.05, 3.63) is 108 Å². The van der Waals surface area contributed by atoms with Crippen LogP contribution in [0, 0.1) is 17.8 Å². The first-order valence-electron chi connectivity index (χ1n) is 19.6. The molecule has 0 saturated carbocycles. The summed E-state index contributed by atoms with van der Waals surface area (Å²) in [6.07, 6.45) is -2.73. The number of esters is 3. The van der Waals surface area contributed by atoms with Gasteiger partial charge in [-0.2, -0.15) is 0 Å². The van der Waals surface area contributed by atoms with Crippen molar-refractivity contribution < 1.29 is 38.2 Å². The van der Waals surface area contributed by atoms with E-state index in [1.807, 2.05) is 105 Å². The highest BCUT2D eigenvalue weighted by atomic mass is 16.6. The predicted molar refractivity (Wildman–Crippen MR) is 214 cm³/mol. The zero-order valence-corrected chi connectivity index (χ0v) is 34.3. The monoisotopic (exact) mass is 769 g/mol. The van der Waals surface area contributed by atoms with Crippen molar-refractivity contribution in [3.63, 3.8) is 0 Å². The average Bonchev–Trinajstić information content (AvgIpc) is 3.18. The zero-order chi connectivity index (χ0) is 41.1. The lowest BCUT2D eigenvalue weighted by atomic mass is 9.99. The molecule has 3 aromatic rings. The number of benzene rings is 3. The molecule has 11 nitrogen and oxygen atoms in total. The Kier molecular flexibility index (Phi) is 15.8. The number of hydrogen-bond acceptors (Lipinski definition) is 9. The number of cyclic esters (lactones) is 3. The van der Waals surface area contributed by atoms with E-state index in [2.05, 4.69) is 0 Å². The normalized spacial score (nSPS) is 24.2. The van der Waals surface area contributed by atoms with Gasteiger partial charge >= 0.3 is 17.9 Å². The Morgan fingerprint density at radius 2 is 0.804 bits per heavy atom. The van der Waals surface area contributed by atoms with Crippen LogP contribution in [0.15, 0.2) is 91.0 Å². The molecule has 6 atom stereocenters. The van der Waals surface area contributed by atoms with Gasteiger partial charge in [0.2, 0.25) is 0 Å². The van der Waals surface area contributed by atoms with Gasteiger partial charge in [0.1, 0.15) is 24.2 Å². The molecule has 0 aliphatic carbocycles. The van der Waals surface area contributed by atoms with Crippen molar-refractivity contribution in [2.45, 2.75) is 97.2 Å². The molecule has 0 bridgehead atoms. The van der Waals surface area contributed by atoms with Gasteiger partial charge in [-0.15, -0.1) is 0 Å². The van der Waals surface area contributed by atoms with Crippen molar-refractivity contribution in [2.75, 3.05) is 27.7 Å². The summed E-state index contributed by atoms with van der Waals surface area (Å²) < 4.78 is 18.4. The smallest absolute Gasteiger partial charge is 0.329 e. The standard InChI is InChI=1S/C45H59N3O8/c1-29(2)38-28-46(7)35(25-32-19-13-10-14-20-32)43(51)55-39(30(3)4)41(49)48(9)37(27-34-23-17-12-18-24-34)45(53)56-40(31(5)6)42(50)47(8)36(44(52)54-38)26-33-21-15-11-16-22-33/h10-24,29-31,35-40H,25-28H2,1-9H3/t35-,36-,37-,38-,39+,40+/m0/s1. The van der Waals surface area contributed by atoms with E-state index in [-0.39, 0.29) is 31.7 Å². The van der Waals surface area contributed by atoms with Crippen LogP contribution in [-0.4, -0.2) is 109 Å². The van der Waals surface area contributed by atoms with Crippen LogP contribution in [-0.2, 0) is 57.4 Å². The van der Waals surface area contributed by atoms with Gasteiger partial charge in [-0.1, -0.05) is 133 Å². The highest BCUT2D eigenvalue weighted by Crippen LogP contribution is 2.23. The predicted octanol–water partition coefficient (Wildman–Crippen LogP) is 5.39. The fourth-order valence-electron chi connectivity index (χ4n) is 6.77. The summed E-state index contributed by atoms with van der Waals surface area (Å²) in [5, 5.41) is 0. The molecule has 56 heavy (non-hydrogen) atoms. The van der Waals surface area contributed by atoms with Gasteiger partial charge in [0.25, 0.3) is 11.8 Å². The molecular formula is C45H59N3O8. The third-order valence-corrected chi connectivity index (χ3v) is 10.5. The fourth-order valence-corrected chi connectivity index (χ4v) is 6.77. The molecule has 0 unspecified atom stereocenters. The molecule has 0 N–H and O–H groups in total. The molecule has 11 heteroatoms. The number of rotatable bonds is 9. The molecule has 1 saturated heterocycles. The highest BCUT2D eigenvalue weighted by molar-refractivity contribution is 5.92. The minimum absolute atomic E-state index is 0.0778. The molecule has 4 rings (SSSR count). The number of nitrogens with zero attached hydrogens (tertiary/aromatic N) is 3. The minimum atomic E-state index is -1.29. The van der Waals surface area contributed by atoms with Gasteiger partial charge in [0, 0.05) is 33.5 Å². The molecule has 0 aromatic heterocycles. The second-order valence-corrected chi connectivity index (χ2v) is 15.9. The first kappa shape index (κ1) is 43.7. The Hall–Kier alpha value is -5.03. The largest absolute Gasteiger partial charge is 0.459 e. The highest BCUT2D eigenvalue weighted by Gasteiger charge is 2.42. The maximum absolute atomic E-state index is 14.4. The molecule has 2 amide bonds. The van der Waals surface area contributed by atoms with Crippen LogP contribution < -0.4 is 0 Å². The van der Waals surface area contributed by atoms with Crippen molar-refractivity contribution in [1.82, 2.24) is 14.7 Å². The van der Waals surface area contributed by atoms with Gasteiger partial charge in [-0.25, -0.2) is 9.59 Å². The van der Waals surface area contributed by atoms with E-state index in [1.54, 1.807) is 39.6 Å². The number of hydrogen-bond donors (Lipinski definition) is 0. The number of likely N-dealkylation sites (N-methyl/N-ethyl adjacent to an activating group) is 3. The molecule has 0 radical (unpaired) electrons. The topological polar surface area (TPSA) is 123 Å². The van der Waals surface area contributed by atoms with Crippen LogP contribution >= 0.6 is 0 Å². The first-order valence-corrected chi connectivity index (χ1v) is 19.6. The summed E-state index contributed by atoms with van der Waals surface area (Å²) in [6, 6.07) is 24.9. The molecule has 302 valence electrons. The van der Waals surface area contributed by atoms with Gasteiger partial charge in [0.05, 0.1) is 0 Å². The lowest BCUT2D eigenvalue weighted by Crippen LogP contribution is -2.56. The molecular weight excluding hydrogens is 711 g/mol. The van der Waals surface area contributed by atoms with Crippen LogP contribution in [0.25, 0.3) is 0 Å². The average molecular weight is 770 g/mol. The van der Waals surface area contributed by atoms with E-state index >= 15 is 0 Å². The van der Waals surface area contributed by atoms with E-state index in [9.17, 15) is 24.0 Å². The Morgan fingerprint density at radius 1 is 0.482 bits per heavy atom. The maximum atomic E-state index is 14.4. The Labute approximate surface area is 332 Å². The zero-order valence-electron chi connectivity index (χ0n) is 34.3. The number of carbonyl (C=O) groups is 5. The summed E-state index contributed by atoms with van der Waals surface area (Å²) in [7, 11) is 4.78. The van der Waals surface area contributed by atoms with Gasteiger partial charge in [0.15, 0.2) is 12.2 Å². The van der Waals surface area contributed by atoms with Crippen LogP contribution in [0.5, 0.6) is 0 Å². The van der Waals surface area contributed by atoms with Crippen molar-refractivity contribution >= 4 is 29.7 Å². The summed E-state index contributed by atoms with van der Waals surface area (Å²) in [5.74, 6) is -4.33. The number of carbonyl (C=O) groups excluding carboxylic acids is 5. The van der Waals surface area contributed by atoms with E-state index in [4.69, 9.17) is 14.2 Å². The molecule has 0 spiro atoms. The third-order valence-electron chi connectivity index (χ3n) is 10.5. The van der Waals surface area contributed by atoms with Crippen LogP contribution in [0.1, 0.15) is 58.2 Å². The second kappa shape index (κ2) is 20.2. The summed E-state index contributed by atoms with van der Waals surface area (Å²) in [5.41, 5.74) is 2.44. The van der Waals surface area contributed by atoms with Gasteiger partial charge in [-0.3, -0.25) is 19.3 Å². The maximum Gasteiger partial charge on any atom is 0.329 e. The molecule has 1 aliphatic rings. The lowest BCUT2D eigenvalue weighted by molar-refractivity contribution is -0.177. The molecule has 1 heterocycles. The number of ether oxygens (including phenoxy) is 3. The van der Waals surface area contributed by atoms with Crippen molar-refractivity contribution in [1.29, 1.82) is 0 Å². The van der Waals surface area contributed by atoms with E-state index in [0.717, 1.165) is 16.7 Å². The SMILES string of the molecule is CC(C)[C@@H]1CN(C)[C@@H](Cc2ccccc2)C(=O)O[C@H](C(C)C)C(=O)N(C)[C@@H](Cc2ccccc2)C(=O)O[C@H](C(C)C)C(=O)N(C)[C@@H](Cc2ccccc2)C(=O)O1. The molecule has 1 aliphatic heterocycles. The quantitative estimate of drug-likeness (QED) is 0.209. The number of amides is 2. The van der Waals surface area contributed by atoms with Gasteiger partial charge in [-0.05, 0) is 47.9 Å². The Morgan fingerprint density at radius 3 is 1.14 bits per heavy atom. The van der Waals surface area contributed by atoms with Crippen molar-refractivity contribution in [3.8, 4) is 0 Å². The van der Waals surface area contributed by atoms with Crippen LogP contribution in [0.3, 0.4) is 0 Å². The van der Waals surface area contributed by atoms with Crippen molar-refractivity contribution in [2.24, 2.45) is 17.8 Å². The minimum Gasteiger partial charge on any atom is -0.459 e. The fraction of sp³-hybridized carbons (Fsp3) is 0.489. The second-order valence-electron chi connectivity index (χ2n) is 15.9. The van der Waals surface area contributed by atoms with Gasteiger partial charge < -0.3 is 24.0 Å². The van der Waals surface area contributed by atoms with E-state index < -0.39 is 78.0 Å². The Balaban J connectivity index is 1.85. The lowest BCUT2D eigenvalue weighted by Gasteiger charge is -2.37. The first-order chi connectivity index (χ1) is 26.6. The molecule has 3 aromatic carbocycles. The summed E-state index contributed by atoms with van der Waals surface area (Å²) in [6.45, 7) is 11.1. The van der Waals surface area contributed by atoms with Crippen LogP contribution in [0.2, 0.25) is 0 Å². The summed E-state index contributed by atoms with van der Waals surface area (Å²) >= 11 is 0. The van der Waals surface area contributed by atoms with Crippen LogP contribution in [0.4, 0.5) is 0 Å². The Bertz CT molecular complexity index is 1750. The summed E-state index contributed by atoms with van der Waals surface area (Å²) in [4.78, 5) is 76.3. The molecule has 1 fully saturated rings. The van der Waals surface area contributed by atoms with E-state index in [0.29, 0.717) is 0 Å². The third kappa shape index (κ3) is 11.5. The van der Waals surface area contributed by atoms with E-state index in [1.165, 1.54) is 23.9 Å².